The maximum absolute atomic E-state index is 2.48. The second-order valence-corrected chi connectivity index (χ2v) is 14.8. The fraction of sp³-hybridized carbons (Fsp3) is 0.0638. The van der Waals surface area contributed by atoms with Crippen LogP contribution in [-0.4, -0.2) is 0 Å². The van der Waals surface area contributed by atoms with Crippen LogP contribution in [0.2, 0.25) is 0 Å². The van der Waals surface area contributed by atoms with Crippen molar-refractivity contribution in [2.45, 2.75) is 19.3 Å². The molecule has 8 aromatic carbocycles. The largest absolute Gasteiger partial charge is 0.310 e. The smallest absolute Gasteiger partial charge is 0.0540 e. The van der Waals surface area contributed by atoms with Crippen LogP contribution in [0.3, 0.4) is 0 Å². The number of hydrogen-bond acceptors (Lipinski definition) is 2. The van der Waals surface area contributed by atoms with E-state index >= 15 is 0 Å². The van der Waals surface area contributed by atoms with Gasteiger partial charge in [0, 0.05) is 47.7 Å². The predicted octanol–water partition coefficient (Wildman–Crippen LogP) is 13.8. The normalized spacial score (nSPS) is 13.3. The van der Waals surface area contributed by atoms with Gasteiger partial charge in [-0.2, -0.15) is 0 Å². The van der Waals surface area contributed by atoms with Crippen molar-refractivity contribution < 1.29 is 0 Å². The molecule has 9 aromatic rings. The van der Waals surface area contributed by atoms with Gasteiger partial charge in [-0.15, -0.1) is 11.3 Å². The van der Waals surface area contributed by atoms with Gasteiger partial charge in [0.15, 0.2) is 0 Å². The number of rotatable bonds is 4. The van der Waals surface area contributed by atoms with E-state index in [9.17, 15) is 0 Å². The Morgan fingerprint density at radius 2 is 1.14 bits per heavy atom. The lowest BCUT2D eigenvalue weighted by Gasteiger charge is -2.29. The van der Waals surface area contributed by atoms with E-state index in [1.165, 1.54) is 86.5 Å². The molecule has 1 nitrogen and oxygen atoms in total. The number of fused-ring (bicyclic) bond motifs is 9. The third-order valence-electron chi connectivity index (χ3n) is 10.6. The Morgan fingerprint density at radius 3 is 2.08 bits per heavy atom. The Kier molecular flexibility index (Phi) is 6.16. The van der Waals surface area contributed by atoms with Crippen LogP contribution in [0.5, 0.6) is 0 Å². The minimum absolute atomic E-state index is 0.0947. The van der Waals surface area contributed by atoms with E-state index in [1.807, 2.05) is 11.3 Å². The molecule has 0 N–H and O–H groups in total. The van der Waals surface area contributed by atoms with E-state index in [0.717, 1.165) is 5.69 Å². The molecule has 49 heavy (non-hydrogen) atoms. The first-order valence-electron chi connectivity index (χ1n) is 17.0. The van der Waals surface area contributed by atoms with Crippen molar-refractivity contribution in [2.75, 3.05) is 4.90 Å². The number of nitrogens with zero attached hydrogens (tertiary/aromatic N) is 1. The molecule has 1 aromatic heterocycles. The van der Waals surface area contributed by atoms with Crippen molar-refractivity contribution in [1.29, 1.82) is 0 Å². The lowest BCUT2D eigenvalue weighted by Crippen LogP contribution is -2.16. The van der Waals surface area contributed by atoms with Gasteiger partial charge < -0.3 is 4.90 Å². The van der Waals surface area contributed by atoms with Gasteiger partial charge >= 0.3 is 0 Å². The summed E-state index contributed by atoms with van der Waals surface area (Å²) in [5, 5.41) is 7.71. The minimum Gasteiger partial charge on any atom is -0.310 e. The van der Waals surface area contributed by atoms with Crippen LogP contribution in [-0.2, 0) is 5.41 Å². The molecule has 1 aliphatic rings. The molecule has 0 aliphatic heterocycles. The monoisotopic (exact) mass is 643 g/mol. The summed E-state index contributed by atoms with van der Waals surface area (Å²) in [6, 6.07) is 60.7. The molecule has 232 valence electrons. The first-order valence-corrected chi connectivity index (χ1v) is 17.8. The molecule has 0 unspecified atom stereocenters. The zero-order valence-electron chi connectivity index (χ0n) is 27.4. The van der Waals surface area contributed by atoms with Crippen LogP contribution in [0.15, 0.2) is 164 Å². The summed E-state index contributed by atoms with van der Waals surface area (Å²) in [6.45, 7) is 4.73. The highest BCUT2D eigenvalue weighted by molar-refractivity contribution is 7.26. The predicted molar refractivity (Wildman–Crippen MR) is 212 cm³/mol. The lowest BCUT2D eigenvalue weighted by molar-refractivity contribution is 0.660. The topological polar surface area (TPSA) is 3.24 Å². The average molecular weight is 644 g/mol. The number of hydrogen-bond donors (Lipinski definition) is 0. The summed E-state index contributed by atoms with van der Waals surface area (Å²) in [6.07, 6.45) is 0. The molecule has 0 bridgehead atoms. The second kappa shape index (κ2) is 10.7. The van der Waals surface area contributed by atoms with Crippen LogP contribution in [0.1, 0.15) is 25.0 Å². The van der Waals surface area contributed by atoms with Crippen molar-refractivity contribution in [3.63, 3.8) is 0 Å². The van der Waals surface area contributed by atoms with Gasteiger partial charge in [-0.1, -0.05) is 135 Å². The van der Waals surface area contributed by atoms with E-state index in [0.29, 0.717) is 0 Å². The second-order valence-electron chi connectivity index (χ2n) is 13.8. The Labute approximate surface area is 290 Å². The summed E-state index contributed by atoms with van der Waals surface area (Å²) in [5.74, 6) is 0. The van der Waals surface area contributed by atoms with Crippen molar-refractivity contribution in [3.8, 4) is 22.3 Å². The Balaban J connectivity index is 1.21. The molecular weight excluding hydrogens is 611 g/mol. The van der Waals surface area contributed by atoms with Gasteiger partial charge in [0.1, 0.15) is 0 Å². The molecule has 0 radical (unpaired) electrons. The van der Waals surface area contributed by atoms with Crippen LogP contribution in [0.25, 0.3) is 64.0 Å². The third kappa shape index (κ3) is 4.31. The average Bonchev–Trinajstić information content (AvgIpc) is 3.64. The molecule has 0 saturated heterocycles. The summed E-state index contributed by atoms with van der Waals surface area (Å²) in [7, 11) is 0. The van der Waals surface area contributed by atoms with Crippen molar-refractivity contribution in [3.05, 3.63) is 175 Å². The van der Waals surface area contributed by atoms with Gasteiger partial charge in [-0.3, -0.25) is 0 Å². The summed E-state index contributed by atoms with van der Waals surface area (Å²) < 4.78 is 2.67. The van der Waals surface area contributed by atoms with Crippen LogP contribution in [0.4, 0.5) is 17.1 Å². The molecule has 0 saturated carbocycles. The molecule has 2 heteroatoms. The molecule has 0 spiro atoms. The Morgan fingerprint density at radius 1 is 0.449 bits per heavy atom. The number of anilines is 3. The number of thiophene rings is 1. The minimum atomic E-state index is -0.0947. The fourth-order valence-corrected chi connectivity index (χ4v) is 9.40. The van der Waals surface area contributed by atoms with E-state index in [2.05, 4.69) is 183 Å². The van der Waals surface area contributed by atoms with Gasteiger partial charge in [0.2, 0.25) is 0 Å². The molecule has 10 rings (SSSR count). The molecule has 0 atom stereocenters. The van der Waals surface area contributed by atoms with Gasteiger partial charge in [0.25, 0.3) is 0 Å². The standard InChI is InChI=1S/C47H33NS/c1-47(2)42-18-7-5-15-36(42)37-24-23-35(29-43(37)47)48(34-14-9-13-32(28-34)33-22-21-30-11-3-4-12-31(30)27-33)44-19-10-17-40-38(44)25-26-41-39-16-6-8-20-45(39)49-46(40)41/h3-29H,1-2H3. The van der Waals surface area contributed by atoms with E-state index in [-0.39, 0.29) is 5.41 Å². The first-order chi connectivity index (χ1) is 24.0. The van der Waals surface area contributed by atoms with Crippen LogP contribution in [0, 0.1) is 0 Å². The zero-order chi connectivity index (χ0) is 32.7. The maximum Gasteiger partial charge on any atom is 0.0540 e. The van der Waals surface area contributed by atoms with E-state index in [4.69, 9.17) is 0 Å². The molecule has 1 aliphatic carbocycles. The molecule has 0 fully saturated rings. The van der Waals surface area contributed by atoms with Crippen molar-refractivity contribution >= 4 is 70.1 Å². The van der Waals surface area contributed by atoms with Gasteiger partial charge in [-0.25, -0.2) is 0 Å². The molecular formula is C47H33NS. The summed E-state index contributed by atoms with van der Waals surface area (Å²) in [4.78, 5) is 2.48. The van der Waals surface area contributed by atoms with Crippen LogP contribution < -0.4 is 4.90 Å². The van der Waals surface area contributed by atoms with Gasteiger partial charge in [0.05, 0.1) is 5.69 Å². The van der Waals surface area contributed by atoms with Gasteiger partial charge in [-0.05, 0) is 86.6 Å². The highest BCUT2D eigenvalue weighted by Crippen LogP contribution is 2.51. The Bertz CT molecular complexity index is 2770. The summed E-state index contributed by atoms with van der Waals surface area (Å²) in [5.41, 5.74) is 11.3. The first kappa shape index (κ1) is 28.3. The van der Waals surface area contributed by atoms with E-state index < -0.39 is 0 Å². The van der Waals surface area contributed by atoms with Crippen molar-refractivity contribution in [1.82, 2.24) is 0 Å². The number of benzene rings is 8. The molecule has 1 heterocycles. The van der Waals surface area contributed by atoms with Crippen LogP contribution >= 0.6 is 11.3 Å². The Hall–Kier alpha value is -5.70. The summed E-state index contributed by atoms with van der Waals surface area (Å²) >= 11 is 1.89. The van der Waals surface area contributed by atoms with E-state index in [1.54, 1.807) is 0 Å². The highest BCUT2D eigenvalue weighted by Gasteiger charge is 2.35. The molecule has 0 amide bonds. The van der Waals surface area contributed by atoms with Crippen molar-refractivity contribution in [2.24, 2.45) is 0 Å². The third-order valence-corrected chi connectivity index (χ3v) is 11.9. The quantitative estimate of drug-likeness (QED) is 0.184. The zero-order valence-corrected chi connectivity index (χ0v) is 28.3. The highest BCUT2D eigenvalue weighted by atomic mass is 32.1. The maximum atomic E-state index is 2.48. The fourth-order valence-electron chi connectivity index (χ4n) is 8.17. The lowest BCUT2D eigenvalue weighted by atomic mass is 9.82. The SMILES string of the molecule is CC1(C)c2ccccc2-c2ccc(N(c3cccc(-c4ccc5ccccc5c4)c3)c3cccc4c3ccc3c5ccccc5sc43)cc21.